The molecule has 0 atom stereocenters. The van der Waals surface area contributed by atoms with Crippen LogP contribution in [0.5, 0.6) is 0 Å². The molecule has 0 saturated heterocycles. The first-order valence-corrected chi connectivity index (χ1v) is 5.06. The van der Waals surface area contributed by atoms with Gasteiger partial charge in [-0.1, -0.05) is 27.7 Å². The Morgan fingerprint density at radius 1 is 1.00 bits per heavy atom. The second-order valence-electron chi connectivity index (χ2n) is 1.76. The van der Waals surface area contributed by atoms with Gasteiger partial charge in [0.05, 0.1) is 0 Å². The molecule has 84 valence electrons. The minimum absolute atomic E-state index is 0. The number of unbranched alkanes of at least 4 members (excludes halogenated alkanes) is 2. The predicted octanol–water partition coefficient (Wildman–Crippen LogP) is 4.28. The van der Waals surface area contributed by atoms with E-state index in [-0.39, 0.29) is 38.5 Å². The van der Waals surface area contributed by atoms with Gasteiger partial charge in [0.25, 0.3) is 0 Å². The molecule has 0 aliphatic heterocycles. The second-order valence-corrected chi connectivity index (χ2v) is 1.76. The molecule has 0 aromatic rings. The molecular formula is C12H27OY. The van der Waals surface area contributed by atoms with E-state index in [9.17, 15) is 4.79 Å². The minimum Gasteiger partial charge on any atom is -0.343 e. The van der Waals surface area contributed by atoms with E-state index >= 15 is 0 Å². The fraction of sp³-hybridized carbons (Fsp3) is 0.667. The molecular weight excluding hydrogens is 249 g/mol. The molecule has 0 aliphatic carbocycles. The Morgan fingerprint density at radius 2 is 1.14 bits per heavy atom. The largest absolute Gasteiger partial charge is 3.00 e. The van der Waals surface area contributed by atoms with E-state index < -0.39 is 0 Å². The first-order valence-electron chi connectivity index (χ1n) is 5.06. The molecule has 0 rings (SSSR count). The third kappa shape index (κ3) is 245. The van der Waals surface area contributed by atoms with Crippen LogP contribution in [-0.2, 0) is 37.5 Å². The summed E-state index contributed by atoms with van der Waals surface area (Å²) < 4.78 is 0. The quantitative estimate of drug-likeness (QED) is 0.688. The van der Waals surface area contributed by atoms with Crippen molar-refractivity contribution in [2.24, 2.45) is 0 Å². The topological polar surface area (TPSA) is 17.1 Å². The Bertz CT molecular complexity index is 57.3. The summed E-state index contributed by atoms with van der Waals surface area (Å²) in [5.74, 6) is -0.0833. The van der Waals surface area contributed by atoms with Crippen LogP contribution in [0.15, 0.2) is 0 Å². The number of carbonyl (C=O) groups excluding carboxylic acids is 1. The Labute approximate surface area is 117 Å². The van der Waals surface area contributed by atoms with Crippen molar-refractivity contribution < 1.29 is 37.5 Å². The first-order chi connectivity index (χ1) is 6.15. The summed E-state index contributed by atoms with van der Waals surface area (Å²) in [5, 5.41) is 0. The number of hydrogen-bond acceptors (Lipinski definition) is 1. The molecule has 0 amide bonds. The monoisotopic (exact) mass is 276 g/mol. The van der Waals surface area contributed by atoms with E-state index in [1.165, 1.54) is 13.3 Å². The maximum Gasteiger partial charge on any atom is 3.00 e. The molecule has 0 bridgehead atoms. The summed E-state index contributed by atoms with van der Waals surface area (Å²) in [4.78, 5) is 9.33. The normalized spacial score (nSPS) is 5.64. The molecule has 0 unspecified atom stereocenters. The maximum atomic E-state index is 9.33. The summed E-state index contributed by atoms with van der Waals surface area (Å²) in [6.07, 6.45) is 3.23. The average molecular weight is 276 g/mol. The van der Waals surface area contributed by atoms with Crippen LogP contribution in [0.25, 0.3) is 0 Å². The smallest absolute Gasteiger partial charge is 0.343 e. The van der Waals surface area contributed by atoms with Crippen LogP contribution < -0.4 is 0 Å². The van der Waals surface area contributed by atoms with Crippen LogP contribution in [0.2, 0.25) is 0 Å². The number of carbonyl (C=O) groups is 1. The zero-order valence-corrected chi connectivity index (χ0v) is 13.6. The van der Waals surface area contributed by atoms with Gasteiger partial charge in [0.1, 0.15) is 0 Å². The van der Waals surface area contributed by atoms with Gasteiger partial charge in [0, 0.05) is 0 Å². The standard InChI is InChI=1S/C5H10.C3H5O.2C2H6.Y/c1-3-5-4-2;1-3(2)4;2*1-2;/h1-5H2;1H2,2H3;2*1-2H3;/q-2;-1;;;+3. The van der Waals surface area contributed by atoms with E-state index in [0.29, 0.717) is 0 Å². The van der Waals surface area contributed by atoms with Gasteiger partial charge < -0.3 is 25.6 Å². The Morgan fingerprint density at radius 3 is 1.14 bits per heavy atom. The SMILES string of the molecule is CC.CC.[CH2-]C(C)=O.[CH2-]CCC[CH2-].[Y+3]. The van der Waals surface area contributed by atoms with Crippen LogP contribution in [0, 0.1) is 20.8 Å². The van der Waals surface area contributed by atoms with Crippen molar-refractivity contribution in [1.29, 1.82) is 0 Å². The molecule has 0 heterocycles. The molecule has 0 aromatic heterocycles. The zero-order chi connectivity index (χ0) is 11.7. The minimum atomic E-state index is -0.0833. The van der Waals surface area contributed by atoms with Gasteiger partial charge in [-0.15, -0.1) is 6.42 Å². The van der Waals surface area contributed by atoms with Crippen molar-refractivity contribution in [1.82, 2.24) is 0 Å². The van der Waals surface area contributed by atoms with Crippen molar-refractivity contribution in [3.05, 3.63) is 20.8 Å². The van der Waals surface area contributed by atoms with E-state index in [1.807, 2.05) is 27.7 Å². The molecule has 1 nitrogen and oxygen atoms in total. The molecule has 2 heteroatoms. The molecule has 0 aliphatic rings. The zero-order valence-electron chi connectivity index (χ0n) is 10.7. The number of ketones is 1. The van der Waals surface area contributed by atoms with E-state index in [2.05, 4.69) is 20.8 Å². The predicted molar refractivity (Wildman–Crippen MR) is 63.3 cm³/mol. The van der Waals surface area contributed by atoms with Crippen LogP contribution in [0.3, 0.4) is 0 Å². The summed E-state index contributed by atoms with van der Waals surface area (Å²) in [7, 11) is 0. The molecule has 0 aromatic carbocycles. The third-order valence-electron chi connectivity index (χ3n) is 0.500. The fourth-order valence-corrected chi connectivity index (χ4v) is 0.177. The van der Waals surface area contributed by atoms with Crippen molar-refractivity contribution in [2.75, 3.05) is 0 Å². The molecule has 0 radical (unpaired) electrons. The maximum absolute atomic E-state index is 9.33. The van der Waals surface area contributed by atoms with E-state index in [4.69, 9.17) is 0 Å². The van der Waals surface area contributed by atoms with Crippen LogP contribution in [0.1, 0.15) is 53.9 Å². The number of hydrogen-bond donors (Lipinski definition) is 0. The van der Waals surface area contributed by atoms with Gasteiger partial charge in [-0.3, -0.25) is 0 Å². The summed E-state index contributed by atoms with van der Waals surface area (Å²) in [6, 6.07) is 0. The summed E-state index contributed by atoms with van der Waals surface area (Å²) >= 11 is 0. The third-order valence-corrected chi connectivity index (χ3v) is 0.500. The van der Waals surface area contributed by atoms with Gasteiger partial charge in [-0.05, 0) is 12.7 Å². The molecule has 0 saturated carbocycles. The van der Waals surface area contributed by atoms with Crippen LogP contribution in [0.4, 0.5) is 0 Å². The first kappa shape index (κ1) is 29.3. The summed E-state index contributed by atoms with van der Waals surface area (Å²) in [6.45, 7) is 19.7. The van der Waals surface area contributed by atoms with Crippen molar-refractivity contribution in [3.8, 4) is 0 Å². The molecule has 0 spiro atoms. The van der Waals surface area contributed by atoms with Gasteiger partial charge >= 0.3 is 32.7 Å². The van der Waals surface area contributed by atoms with E-state index in [1.54, 1.807) is 0 Å². The van der Waals surface area contributed by atoms with Crippen molar-refractivity contribution in [3.63, 3.8) is 0 Å². The van der Waals surface area contributed by atoms with Gasteiger partial charge in [-0.25, -0.2) is 0 Å². The Hall–Kier alpha value is 0.644. The second kappa shape index (κ2) is 49.4. The van der Waals surface area contributed by atoms with Crippen molar-refractivity contribution in [2.45, 2.75) is 53.9 Å². The molecule has 14 heavy (non-hydrogen) atoms. The van der Waals surface area contributed by atoms with Gasteiger partial charge in [0.15, 0.2) is 0 Å². The molecule has 0 fully saturated rings. The van der Waals surface area contributed by atoms with Crippen LogP contribution >= 0.6 is 0 Å². The fourth-order valence-electron chi connectivity index (χ4n) is 0.177. The Kier molecular flexibility index (Phi) is 103. The van der Waals surface area contributed by atoms with Crippen LogP contribution in [-0.4, -0.2) is 5.78 Å². The Balaban J connectivity index is -0.0000000273. The van der Waals surface area contributed by atoms with Gasteiger partial charge in [0.2, 0.25) is 0 Å². The number of Topliss-reactive ketones (excluding diaryl/α,β-unsaturated/α-hetero) is 1. The van der Waals surface area contributed by atoms with E-state index in [0.717, 1.165) is 12.8 Å². The average Bonchev–Trinajstić information content (AvgIpc) is 2.12. The summed E-state index contributed by atoms with van der Waals surface area (Å²) in [5.41, 5.74) is 0. The van der Waals surface area contributed by atoms with Gasteiger partial charge in [-0.2, -0.15) is 12.8 Å². The molecule has 0 N–H and O–H groups in total. The van der Waals surface area contributed by atoms with Crippen molar-refractivity contribution >= 4 is 5.78 Å². The number of rotatable bonds is 2.